The SMILES string of the molecule is CN(C[C@H]1CCCO1)[C@@H]1CCN(c2ccccc2Cl)C1=O. The van der Waals surface area contributed by atoms with E-state index in [1.54, 1.807) is 4.90 Å². The summed E-state index contributed by atoms with van der Waals surface area (Å²) in [6, 6.07) is 7.46. The molecule has 2 fully saturated rings. The number of rotatable bonds is 4. The first-order chi connectivity index (χ1) is 10.2. The second-order valence-electron chi connectivity index (χ2n) is 5.82. The van der Waals surface area contributed by atoms with Crippen molar-refractivity contribution in [2.24, 2.45) is 0 Å². The van der Waals surface area contributed by atoms with Gasteiger partial charge in [-0.15, -0.1) is 0 Å². The first-order valence-electron chi connectivity index (χ1n) is 7.54. The molecule has 0 radical (unpaired) electrons. The van der Waals surface area contributed by atoms with Crippen LogP contribution in [0.1, 0.15) is 19.3 Å². The van der Waals surface area contributed by atoms with Crippen molar-refractivity contribution in [3.8, 4) is 0 Å². The van der Waals surface area contributed by atoms with Crippen LogP contribution < -0.4 is 4.90 Å². The van der Waals surface area contributed by atoms with Crippen LogP contribution in [0.25, 0.3) is 0 Å². The van der Waals surface area contributed by atoms with E-state index in [4.69, 9.17) is 16.3 Å². The Morgan fingerprint density at radius 1 is 1.38 bits per heavy atom. The van der Waals surface area contributed by atoms with Gasteiger partial charge < -0.3 is 9.64 Å². The molecule has 3 rings (SSSR count). The average molecular weight is 309 g/mol. The fourth-order valence-corrected chi connectivity index (χ4v) is 3.46. The molecule has 0 spiro atoms. The van der Waals surface area contributed by atoms with E-state index in [0.717, 1.165) is 44.6 Å². The number of likely N-dealkylation sites (N-methyl/N-ethyl adjacent to an activating group) is 1. The van der Waals surface area contributed by atoms with E-state index in [0.29, 0.717) is 5.02 Å². The van der Waals surface area contributed by atoms with Gasteiger partial charge in [0.1, 0.15) is 0 Å². The zero-order valence-electron chi connectivity index (χ0n) is 12.3. The molecule has 1 amide bonds. The molecular formula is C16H21ClN2O2. The highest BCUT2D eigenvalue weighted by Crippen LogP contribution is 2.30. The molecule has 1 aromatic rings. The standard InChI is InChI=1S/C16H21ClN2O2/c1-18(11-12-5-4-10-21-12)15-8-9-19(16(15)20)14-7-3-2-6-13(14)17/h2-3,6-7,12,15H,4-5,8-11H2,1H3/t12-,15-/m1/s1. The lowest BCUT2D eigenvalue weighted by molar-refractivity contribution is -0.121. The van der Waals surface area contributed by atoms with Gasteiger partial charge in [-0.3, -0.25) is 9.69 Å². The summed E-state index contributed by atoms with van der Waals surface area (Å²) >= 11 is 6.21. The molecule has 2 atom stereocenters. The third-order valence-corrected chi connectivity index (χ3v) is 4.69. The summed E-state index contributed by atoms with van der Waals surface area (Å²) in [5.74, 6) is 0.142. The highest BCUT2D eigenvalue weighted by atomic mass is 35.5. The molecule has 2 saturated heterocycles. The molecule has 0 bridgehead atoms. The Morgan fingerprint density at radius 3 is 2.90 bits per heavy atom. The maximum absolute atomic E-state index is 12.7. The molecule has 2 aliphatic heterocycles. The van der Waals surface area contributed by atoms with E-state index in [-0.39, 0.29) is 18.1 Å². The largest absolute Gasteiger partial charge is 0.377 e. The van der Waals surface area contributed by atoms with Crippen LogP contribution in [0.5, 0.6) is 0 Å². The van der Waals surface area contributed by atoms with Crippen molar-refractivity contribution >= 4 is 23.2 Å². The second-order valence-corrected chi connectivity index (χ2v) is 6.23. The van der Waals surface area contributed by atoms with E-state index in [9.17, 15) is 4.79 Å². The van der Waals surface area contributed by atoms with Crippen LogP contribution in [0.3, 0.4) is 0 Å². The van der Waals surface area contributed by atoms with Crippen molar-refractivity contribution in [3.05, 3.63) is 29.3 Å². The Morgan fingerprint density at radius 2 is 2.19 bits per heavy atom. The molecule has 114 valence electrons. The summed E-state index contributed by atoms with van der Waals surface area (Å²) in [5.41, 5.74) is 0.817. The van der Waals surface area contributed by atoms with E-state index in [1.807, 2.05) is 31.3 Å². The lowest BCUT2D eigenvalue weighted by atomic mass is 10.2. The van der Waals surface area contributed by atoms with Crippen molar-refractivity contribution in [2.45, 2.75) is 31.4 Å². The Balaban J connectivity index is 1.67. The molecule has 1 aromatic carbocycles. The number of nitrogens with zero attached hydrogens (tertiary/aromatic N) is 2. The van der Waals surface area contributed by atoms with Crippen LogP contribution in [0, 0.1) is 0 Å². The molecule has 0 aliphatic carbocycles. The third-order valence-electron chi connectivity index (χ3n) is 4.37. The smallest absolute Gasteiger partial charge is 0.244 e. The van der Waals surface area contributed by atoms with Gasteiger partial charge in [-0.25, -0.2) is 0 Å². The summed E-state index contributed by atoms with van der Waals surface area (Å²) in [5, 5.41) is 0.633. The number of hydrogen-bond donors (Lipinski definition) is 0. The zero-order valence-corrected chi connectivity index (χ0v) is 13.1. The molecule has 2 heterocycles. The molecule has 21 heavy (non-hydrogen) atoms. The van der Waals surface area contributed by atoms with Crippen LogP contribution in [0.4, 0.5) is 5.69 Å². The van der Waals surface area contributed by atoms with E-state index in [2.05, 4.69) is 4.90 Å². The van der Waals surface area contributed by atoms with Gasteiger partial charge in [-0.1, -0.05) is 23.7 Å². The maximum atomic E-state index is 12.7. The molecule has 2 aliphatic rings. The quantitative estimate of drug-likeness (QED) is 0.857. The Labute approximate surface area is 130 Å². The summed E-state index contributed by atoms with van der Waals surface area (Å²) in [6.45, 7) is 2.40. The minimum absolute atomic E-state index is 0.0644. The van der Waals surface area contributed by atoms with Crippen LogP contribution in [-0.4, -0.2) is 49.7 Å². The predicted molar refractivity (Wildman–Crippen MR) is 83.8 cm³/mol. The molecule has 0 unspecified atom stereocenters. The number of hydrogen-bond acceptors (Lipinski definition) is 3. The number of anilines is 1. The number of amides is 1. The number of ether oxygens (including phenoxy) is 1. The summed E-state index contributed by atoms with van der Waals surface area (Å²) in [7, 11) is 2.01. The molecule has 0 saturated carbocycles. The topological polar surface area (TPSA) is 32.8 Å². The van der Waals surface area contributed by atoms with Gasteiger partial charge in [0.25, 0.3) is 0 Å². The van der Waals surface area contributed by atoms with Crippen LogP contribution >= 0.6 is 11.6 Å². The van der Waals surface area contributed by atoms with Gasteiger partial charge >= 0.3 is 0 Å². The minimum atomic E-state index is -0.0644. The van der Waals surface area contributed by atoms with Gasteiger partial charge in [0.2, 0.25) is 5.91 Å². The normalized spacial score (nSPS) is 26.0. The zero-order chi connectivity index (χ0) is 14.8. The Kier molecular flexibility index (Phi) is 4.48. The lowest BCUT2D eigenvalue weighted by Crippen LogP contribution is -2.43. The van der Waals surface area contributed by atoms with Crippen molar-refractivity contribution in [1.82, 2.24) is 4.90 Å². The van der Waals surface area contributed by atoms with Crippen molar-refractivity contribution in [1.29, 1.82) is 0 Å². The molecule has 5 heteroatoms. The summed E-state index contributed by atoms with van der Waals surface area (Å²) < 4.78 is 5.66. The van der Waals surface area contributed by atoms with E-state index in [1.165, 1.54) is 0 Å². The maximum Gasteiger partial charge on any atom is 0.244 e. The first kappa shape index (κ1) is 14.8. The number of carbonyl (C=O) groups excluding carboxylic acids is 1. The van der Waals surface area contributed by atoms with Crippen molar-refractivity contribution < 1.29 is 9.53 Å². The van der Waals surface area contributed by atoms with Crippen LogP contribution in [-0.2, 0) is 9.53 Å². The molecule has 0 N–H and O–H groups in total. The monoisotopic (exact) mass is 308 g/mol. The van der Waals surface area contributed by atoms with Gasteiger partial charge in [-0.05, 0) is 38.4 Å². The Bertz CT molecular complexity index is 517. The van der Waals surface area contributed by atoms with Gasteiger partial charge in [-0.2, -0.15) is 0 Å². The molecular weight excluding hydrogens is 288 g/mol. The highest BCUT2D eigenvalue weighted by molar-refractivity contribution is 6.33. The predicted octanol–water partition coefficient (Wildman–Crippen LogP) is 2.56. The van der Waals surface area contributed by atoms with E-state index < -0.39 is 0 Å². The minimum Gasteiger partial charge on any atom is -0.377 e. The highest BCUT2D eigenvalue weighted by Gasteiger charge is 2.36. The second kappa shape index (κ2) is 6.34. The van der Waals surface area contributed by atoms with Crippen molar-refractivity contribution in [2.75, 3.05) is 31.6 Å². The molecule has 4 nitrogen and oxygen atoms in total. The Hall–Kier alpha value is -1.10. The van der Waals surface area contributed by atoms with Gasteiger partial charge in [0.05, 0.1) is 22.9 Å². The number of carbonyl (C=O) groups is 1. The van der Waals surface area contributed by atoms with Gasteiger partial charge in [0, 0.05) is 19.7 Å². The fourth-order valence-electron chi connectivity index (χ4n) is 3.22. The third kappa shape index (κ3) is 3.07. The average Bonchev–Trinajstić information content (AvgIpc) is 3.09. The fraction of sp³-hybridized carbons (Fsp3) is 0.562. The van der Waals surface area contributed by atoms with E-state index >= 15 is 0 Å². The van der Waals surface area contributed by atoms with Crippen LogP contribution in [0.15, 0.2) is 24.3 Å². The lowest BCUT2D eigenvalue weighted by Gasteiger charge is -2.26. The molecule has 0 aromatic heterocycles. The number of para-hydroxylation sites is 1. The summed E-state index contributed by atoms with van der Waals surface area (Å²) in [6.07, 6.45) is 3.34. The summed E-state index contributed by atoms with van der Waals surface area (Å²) in [4.78, 5) is 16.6. The number of benzene rings is 1. The van der Waals surface area contributed by atoms with Crippen molar-refractivity contribution in [3.63, 3.8) is 0 Å². The first-order valence-corrected chi connectivity index (χ1v) is 7.92. The van der Waals surface area contributed by atoms with Crippen LogP contribution in [0.2, 0.25) is 5.02 Å². The number of halogens is 1. The van der Waals surface area contributed by atoms with Gasteiger partial charge in [0.15, 0.2) is 0 Å².